The minimum Gasteiger partial charge on any atom is -0.359 e. The number of methoxy groups -OCH3 is 1. The number of hydrogen-bond acceptors (Lipinski definition) is 4. The maximum absolute atomic E-state index is 14.8. The SMILES string of the molecule is COCOC1CCC2(C)C3CCC4(C)C(C(C)/C=C/CC(C)C)CCC4C34C=CC2(C1)n1c(=O)n(-c2ccccc2)c(=O)n14. The fourth-order valence-corrected chi connectivity index (χ4v) is 11.3. The highest BCUT2D eigenvalue weighted by molar-refractivity contribution is 5.38. The topological polar surface area (TPSA) is 67.4 Å². The lowest BCUT2D eigenvalue weighted by Crippen LogP contribution is -2.76. The summed E-state index contributed by atoms with van der Waals surface area (Å²) in [7, 11) is 1.65. The van der Waals surface area contributed by atoms with E-state index in [9.17, 15) is 9.59 Å². The molecule has 9 atom stereocenters. The Morgan fingerprint density at radius 2 is 1.68 bits per heavy atom. The number of fused-ring (bicyclic) bond motifs is 1. The summed E-state index contributed by atoms with van der Waals surface area (Å²) in [5.41, 5.74) is -1.05. The molecule has 3 fully saturated rings. The van der Waals surface area contributed by atoms with Crippen molar-refractivity contribution >= 4 is 0 Å². The Labute approximate surface area is 261 Å². The number of ether oxygens (including phenoxy) is 2. The van der Waals surface area contributed by atoms with Gasteiger partial charge in [-0.25, -0.2) is 23.5 Å². The van der Waals surface area contributed by atoms with E-state index in [0.717, 1.165) is 38.5 Å². The van der Waals surface area contributed by atoms with Gasteiger partial charge in [-0.05, 0) is 92.1 Å². The molecule has 6 aliphatic rings. The van der Waals surface area contributed by atoms with Gasteiger partial charge in [0.1, 0.15) is 6.79 Å². The number of rotatable bonds is 8. The second-order valence-electron chi connectivity index (χ2n) is 15.6. The van der Waals surface area contributed by atoms with Crippen LogP contribution in [0, 0.1) is 40.4 Å². The molecule has 3 heterocycles. The molecule has 3 saturated carbocycles. The number of para-hydroxylation sites is 1. The molecule has 0 N–H and O–H groups in total. The summed E-state index contributed by atoms with van der Waals surface area (Å²) in [5.74, 6) is 2.23. The van der Waals surface area contributed by atoms with Gasteiger partial charge in [0.05, 0.1) is 22.9 Å². The van der Waals surface area contributed by atoms with Crippen LogP contribution in [0.5, 0.6) is 0 Å². The van der Waals surface area contributed by atoms with Gasteiger partial charge in [0.25, 0.3) is 0 Å². The minimum atomic E-state index is -0.634. The largest absolute Gasteiger partial charge is 0.359 e. The summed E-state index contributed by atoms with van der Waals surface area (Å²) in [4.78, 5) is 29.5. The molecule has 0 radical (unpaired) electrons. The number of allylic oxidation sites excluding steroid dienone is 4. The van der Waals surface area contributed by atoms with Crippen molar-refractivity contribution in [1.29, 1.82) is 0 Å². The van der Waals surface area contributed by atoms with Crippen LogP contribution >= 0.6 is 0 Å². The average molecular weight is 602 g/mol. The molecule has 238 valence electrons. The van der Waals surface area contributed by atoms with E-state index in [1.54, 1.807) is 7.11 Å². The van der Waals surface area contributed by atoms with Gasteiger partial charge in [0, 0.05) is 18.9 Å². The van der Waals surface area contributed by atoms with Crippen molar-refractivity contribution in [2.45, 2.75) is 103 Å². The van der Waals surface area contributed by atoms with Crippen LogP contribution in [0.4, 0.5) is 0 Å². The van der Waals surface area contributed by atoms with E-state index >= 15 is 0 Å². The first kappa shape index (κ1) is 30.0. The molecule has 0 amide bonds. The quantitative estimate of drug-likeness (QED) is 0.252. The normalized spacial score (nSPS) is 39.3. The van der Waals surface area contributed by atoms with Gasteiger partial charge >= 0.3 is 11.4 Å². The second kappa shape index (κ2) is 10.4. The number of aromatic nitrogens is 3. The predicted octanol–water partition coefficient (Wildman–Crippen LogP) is 6.63. The van der Waals surface area contributed by atoms with E-state index in [1.807, 2.05) is 39.7 Å². The van der Waals surface area contributed by atoms with Gasteiger partial charge in [0.2, 0.25) is 0 Å². The van der Waals surface area contributed by atoms with Crippen molar-refractivity contribution in [3.8, 4) is 5.69 Å². The lowest BCUT2D eigenvalue weighted by atomic mass is 9.40. The van der Waals surface area contributed by atoms with Crippen LogP contribution in [-0.4, -0.2) is 33.9 Å². The van der Waals surface area contributed by atoms with Crippen molar-refractivity contribution in [3.05, 3.63) is 75.6 Å². The lowest BCUT2D eigenvalue weighted by Gasteiger charge is -2.71. The van der Waals surface area contributed by atoms with Crippen LogP contribution in [0.3, 0.4) is 0 Å². The van der Waals surface area contributed by atoms with E-state index < -0.39 is 11.1 Å². The maximum Gasteiger partial charge on any atom is 0.352 e. The van der Waals surface area contributed by atoms with E-state index in [1.165, 1.54) is 11.0 Å². The molecule has 1 aromatic carbocycles. The third kappa shape index (κ3) is 3.81. The molecule has 2 aromatic rings. The lowest BCUT2D eigenvalue weighted by molar-refractivity contribution is -0.210. The summed E-state index contributed by atoms with van der Waals surface area (Å²) < 4.78 is 16.8. The van der Waals surface area contributed by atoms with E-state index in [0.29, 0.717) is 29.9 Å². The predicted molar refractivity (Wildman–Crippen MR) is 173 cm³/mol. The van der Waals surface area contributed by atoms with Crippen molar-refractivity contribution < 1.29 is 9.47 Å². The Kier molecular flexibility index (Phi) is 7.13. The van der Waals surface area contributed by atoms with Gasteiger partial charge in [0.15, 0.2) is 0 Å². The van der Waals surface area contributed by atoms with Crippen LogP contribution in [0.1, 0.15) is 86.0 Å². The zero-order chi connectivity index (χ0) is 31.1. The summed E-state index contributed by atoms with van der Waals surface area (Å²) in [6.45, 7) is 12.1. The molecule has 44 heavy (non-hydrogen) atoms. The van der Waals surface area contributed by atoms with Crippen LogP contribution < -0.4 is 11.4 Å². The molecule has 2 spiro atoms. The molecule has 1 aromatic heterocycles. The van der Waals surface area contributed by atoms with E-state index in [-0.39, 0.29) is 46.9 Å². The minimum absolute atomic E-state index is 0.0444. The highest BCUT2D eigenvalue weighted by Crippen LogP contribution is 2.74. The van der Waals surface area contributed by atoms with Crippen molar-refractivity contribution in [2.75, 3.05) is 13.9 Å². The highest BCUT2D eigenvalue weighted by atomic mass is 16.7. The molecular formula is C37H51N3O4. The monoisotopic (exact) mass is 601 g/mol. The molecule has 2 aliphatic heterocycles. The summed E-state index contributed by atoms with van der Waals surface area (Å²) in [6, 6.07) is 9.50. The Bertz CT molecular complexity index is 1580. The van der Waals surface area contributed by atoms with Crippen LogP contribution in [-0.2, 0) is 20.6 Å². The number of benzene rings is 1. The first-order valence-electron chi connectivity index (χ1n) is 17.1. The second-order valence-corrected chi connectivity index (χ2v) is 15.6. The summed E-state index contributed by atoms with van der Waals surface area (Å²) >= 11 is 0. The molecule has 8 rings (SSSR count). The van der Waals surface area contributed by atoms with E-state index in [4.69, 9.17) is 9.47 Å². The number of nitrogens with zero attached hydrogens (tertiary/aromatic N) is 3. The first-order valence-corrected chi connectivity index (χ1v) is 17.1. The molecule has 9 unspecified atom stereocenters. The Balaban J connectivity index is 1.42. The Morgan fingerprint density at radius 1 is 0.932 bits per heavy atom. The third-order valence-electron chi connectivity index (χ3n) is 13.2. The smallest absolute Gasteiger partial charge is 0.352 e. The number of hydrogen-bond donors (Lipinski definition) is 0. The fraction of sp³-hybridized carbons (Fsp3) is 0.676. The Morgan fingerprint density at radius 3 is 2.41 bits per heavy atom. The molecular weight excluding hydrogens is 550 g/mol. The maximum atomic E-state index is 14.8. The zero-order valence-electron chi connectivity index (χ0n) is 27.5. The molecule has 4 aliphatic carbocycles. The van der Waals surface area contributed by atoms with Gasteiger partial charge in [-0.15, -0.1) is 0 Å². The van der Waals surface area contributed by atoms with Crippen molar-refractivity contribution in [1.82, 2.24) is 13.9 Å². The van der Waals surface area contributed by atoms with Crippen LogP contribution in [0.2, 0.25) is 0 Å². The zero-order valence-corrected chi connectivity index (χ0v) is 27.5. The summed E-state index contributed by atoms with van der Waals surface area (Å²) in [5, 5.41) is 0. The standard InChI is InChI=1S/C37H51N3O4/c1-25(2)11-10-12-26(3)29-15-16-30-34(29,4)19-18-31-35(5)20-17-28(44-24-43-6)23-36(35)21-22-37(30,31)40-33(42)38(32(41)39(36)40)27-13-8-7-9-14-27/h7-10,12-14,21-22,25-26,28-31H,11,15-20,23-24H2,1-6H3/b12-10+. The van der Waals surface area contributed by atoms with Crippen LogP contribution in [0.15, 0.2) is 64.2 Å². The third-order valence-corrected chi connectivity index (χ3v) is 13.2. The molecule has 2 bridgehead atoms. The first-order chi connectivity index (χ1) is 21.0. The van der Waals surface area contributed by atoms with Crippen molar-refractivity contribution in [2.24, 2.45) is 40.4 Å². The summed E-state index contributed by atoms with van der Waals surface area (Å²) in [6.07, 6.45) is 17.7. The highest BCUT2D eigenvalue weighted by Gasteiger charge is 2.75. The Hall–Kier alpha value is -2.64. The van der Waals surface area contributed by atoms with Gasteiger partial charge < -0.3 is 9.47 Å². The molecule has 0 saturated heterocycles. The molecule has 7 nitrogen and oxygen atoms in total. The molecule has 7 heteroatoms. The van der Waals surface area contributed by atoms with Gasteiger partial charge in [-0.2, -0.15) is 0 Å². The van der Waals surface area contributed by atoms with Gasteiger partial charge in [-0.1, -0.05) is 77.1 Å². The van der Waals surface area contributed by atoms with E-state index in [2.05, 4.69) is 58.9 Å². The fourth-order valence-electron chi connectivity index (χ4n) is 11.3. The van der Waals surface area contributed by atoms with Crippen LogP contribution in [0.25, 0.3) is 5.69 Å². The van der Waals surface area contributed by atoms with Gasteiger partial charge in [-0.3, -0.25) is 0 Å². The van der Waals surface area contributed by atoms with Crippen molar-refractivity contribution in [3.63, 3.8) is 0 Å². The average Bonchev–Trinajstić information content (AvgIpc) is 3.50.